The molecule has 0 fully saturated rings. The Bertz CT molecular complexity index is 296. The molecule has 0 rings (SSSR count). The largest absolute Gasteiger partial charge is 0.394 e. The van der Waals surface area contributed by atoms with Crippen molar-refractivity contribution < 1.29 is 14.9 Å². The first kappa shape index (κ1) is 29.9. The highest BCUT2D eigenvalue weighted by Crippen LogP contribution is 2.15. The van der Waals surface area contributed by atoms with Crippen molar-refractivity contribution in [3.63, 3.8) is 0 Å². The van der Waals surface area contributed by atoms with Gasteiger partial charge in [-0.15, -0.1) is 0 Å². The van der Waals surface area contributed by atoms with Gasteiger partial charge < -0.3 is 14.9 Å². The molecular formula is C27H56O3. The van der Waals surface area contributed by atoms with E-state index >= 15 is 0 Å². The second kappa shape index (κ2) is 26.9. The normalized spacial score (nSPS) is 12.5. The van der Waals surface area contributed by atoms with E-state index in [1.165, 1.54) is 135 Å². The molecule has 0 aliphatic heterocycles. The lowest BCUT2D eigenvalue weighted by Gasteiger charge is -2.08. The lowest BCUT2D eigenvalue weighted by atomic mass is 10.0. The zero-order valence-corrected chi connectivity index (χ0v) is 20.6. The van der Waals surface area contributed by atoms with E-state index in [4.69, 9.17) is 14.9 Å². The van der Waals surface area contributed by atoms with Gasteiger partial charge in [0.15, 0.2) is 0 Å². The van der Waals surface area contributed by atoms with Crippen molar-refractivity contribution in [3.05, 3.63) is 0 Å². The first-order valence-electron chi connectivity index (χ1n) is 13.7. The van der Waals surface area contributed by atoms with Crippen molar-refractivity contribution >= 4 is 0 Å². The van der Waals surface area contributed by atoms with Crippen molar-refractivity contribution in [1.29, 1.82) is 0 Å². The highest BCUT2D eigenvalue weighted by Gasteiger charge is 2.00. The molecular weight excluding hydrogens is 372 g/mol. The van der Waals surface area contributed by atoms with Crippen LogP contribution in [0, 0.1) is 0 Å². The van der Waals surface area contributed by atoms with E-state index in [9.17, 15) is 0 Å². The van der Waals surface area contributed by atoms with Gasteiger partial charge in [-0.1, -0.05) is 142 Å². The van der Waals surface area contributed by atoms with Crippen LogP contribution in [-0.2, 0) is 4.74 Å². The van der Waals surface area contributed by atoms with Gasteiger partial charge in [-0.2, -0.15) is 0 Å². The zero-order valence-electron chi connectivity index (χ0n) is 20.6. The summed E-state index contributed by atoms with van der Waals surface area (Å²) in [5, 5.41) is 17.8. The Labute approximate surface area is 189 Å². The van der Waals surface area contributed by atoms with E-state index in [0.717, 1.165) is 6.42 Å². The highest BCUT2D eigenvalue weighted by atomic mass is 16.5. The minimum atomic E-state index is -0.718. The van der Waals surface area contributed by atoms with E-state index < -0.39 is 6.10 Å². The quantitative estimate of drug-likeness (QED) is 0.137. The number of aliphatic hydroxyl groups excluding tert-OH is 2. The maximum atomic E-state index is 9.16. The molecule has 1 unspecified atom stereocenters. The lowest BCUT2D eigenvalue weighted by Crippen LogP contribution is -2.19. The van der Waals surface area contributed by atoms with Gasteiger partial charge in [0.1, 0.15) is 6.10 Å². The average molecular weight is 429 g/mol. The van der Waals surface area contributed by atoms with Crippen molar-refractivity contribution in [2.45, 2.75) is 154 Å². The van der Waals surface area contributed by atoms with E-state index in [2.05, 4.69) is 6.92 Å². The molecule has 3 heteroatoms. The summed E-state index contributed by atoms with van der Waals surface area (Å²) in [5.74, 6) is 0. The maximum absolute atomic E-state index is 9.16. The van der Waals surface area contributed by atoms with E-state index in [1.807, 2.05) is 0 Å². The van der Waals surface area contributed by atoms with Gasteiger partial charge in [0.05, 0.1) is 13.2 Å². The van der Waals surface area contributed by atoms with Crippen LogP contribution in [0.25, 0.3) is 0 Å². The van der Waals surface area contributed by atoms with Gasteiger partial charge in [0.2, 0.25) is 0 Å². The molecule has 0 amide bonds. The van der Waals surface area contributed by atoms with Crippen LogP contribution >= 0.6 is 0 Å². The highest BCUT2D eigenvalue weighted by molar-refractivity contribution is 4.52. The summed E-state index contributed by atoms with van der Waals surface area (Å²) >= 11 is 0. The molecule has 2 N–H and O–H groups in total. The summed E-state index contributed by atoms with van der Waals surface area (Å²) in [6.07, 6.45) is 30.1. The van der Waals surface area contributed by atoms with Crippen LogP contribution in [0.4, 0.5) is 0 Å². The Hall–Kier alpha value is -0.120. The molecule has 0 aromatic heterocycles. The zero-order chi connectivity index (χ0) is 22.0. The molecule has 30 heavy (non-hydrogen) atoms. The fraction of sp³-hybridized carbons (Fsp3) is 1.00. The fourth-order valence-corrected chi connectivity index (χ4v) is 4.08. The molecule has 0 aliphatic carbocycles. The number of hydrogen-bond donors (Lipinski definition) is 2. The third kappa shape index (κ3) is 25.9. The molecule has 0 aromatic rings. The molecule has 0 spiro atoms. The van der Waals surface area contributed by atoms with E-state index in [-0.39, 0.29) is 13.2 Å². The first-order valence-corrected chi connectivity index (χ1v) is 13.7. The number of unbranched alkanes of at least 4 members (excludes halogenated alkanes) is 21. The molecule has 0 saturated heterocycles. The molecule has 0 heterocycles. The van der Waals surface area contributed by atoms with Gasteiger partial charge in [-0.3, -0.25) is 0 Å². The molecule has 1 atom stereocenters. The summed E-state index contributed by atoms with van der Waals surface area (Å²) in [6, 6.07) is 0. The summed E-state index contributed by atoms with van der Waals surface area (Å²) in [7, 11) is 0. The smallest absolute Gasteiger partial charge is 0.100 e. The topological polar surface area (TPSA) is 49.7 Å². The van der Waals surface area contributed by atoms with Crippen LogP contribution in [0.5, 0.6) is 0 Å². The molecule has 0 bridgehead atoms. The number of rotatable bonds is 26. The van der Waals surface area contributed by atoms with Gasteiger partial charge in [-0.05, 0) is 6.42 Å². The van der Waals surface area contributed by atoms with Crippen LogP contribution in [0.2, 0.25) is 0 Å². The Kier molecular flexibility index (Phi) is 26.8. The number of ether oxygens (including phenoxy) is 1. The number of hydrogen-bond acceptors (Lipinski definition) is 3. The average Bonchev–Trinajstić information content (AvgIpc) is 2.76. The van der Waals surface area contributed by atoms with Crippen molar-refractivity contribution in [3.8, 4) is 0 Å². The molecule has 0 aliphatic rings. The minimum absolute atomic E-state index is 0.209. The van der Waals surface area contributed by atoms with Gasteiger partial charge in [-0.25, -0.2) is 0 Å². The van der Waals surface area contributed by atoms with E-state index in [1.54, 1.807) is 0 Å². The van der Waals surface area contributed by atoms with E-state index in [0.29, 0.717) is 6.61 Å². The molecule has 0 aromatic carbocycles. The molecule has 0 saturated carbocycles. The SMILES string of the molecule is CCCCCCCCCCCCCCCCCCCCCCCCOCC(O)CO. The lowest BCUT2D eigenvalue weighted by molar-refractivity contribution is 0.00526. The third-order valence-electron chi connectivity index (χ3n) is 6.16. The van der Waals surface area contributed by atoms with Crippen molar-refractivity contribution in [2.24, 2.45) is 0 Å². The predicted octanol–water partition coefficient (Wildman–Crippen LogP) is 7.96. The first-order chi connectivity index (χ1) is 14.8. The second-order valence-electron chi connectivity index (χ2n) is 9.34. The van der Waals surface area contributed by atoms with Crippen LogP contribution in [0.15, 0.2) is 0 Å². The molecule has 3 nitrogen and oxygen atoms in total. The monoisotopic (exact) mass is 428 g/mol. The summed E-state index contributed by atoms with van der Waals surface area (Å²) in [4.78, 5) is 0. The summed E-state index contributed by atoms with van der Waals surface area (Å²) in [5.41, 5.74) is 0. The predicted molar refractivity (Wildman–Crippen MR) is 131 cm³/mol. The second-order valence-corrected chi connectivity index (χ2v) is 9.34. The number of aliphatic hydroxyl groups is 2. The van der Waals surface area contributed by atoms with Gasteiger partial charge >= 0.3 is 0 Å². The molecule has 182 valence electrons. The van der Waals surface area contributed by atoms with Crippen LogP contribution in [-0.4, -0.2) is 36.1 Å². The van der Waals surface area contributed by atoms with Crippen molar-refractivity contribution in [1.82, 2.24) is 0 Å². The Morgan fingerprint density at radius 3 is 1.10 bits per heavy atom. The van der Waals surface area contributed by atoms with Crippen LogP contribution < -0.4 is 0 Å². The van der Waals surface area contributed by atoms with Gasteiger partial charge in [0, 0.05) is 6.61 Å². The summed E-state index contributed by atoms with van der Waals surface area (Å²) in [6.45, 7) is 3.05. The molecule has 0 radical (unpaired) electrons. The van der Waals surface area contributed by atoms with Crippen molar-refractivity contribution in [2.75, 3.05) is 19.8 Å². The third-order valence-corrected chi connectivity index (χ3v) is 6.16. The minimum Gasteiger partial charge on any atom is -0.394 e. The Morgan fingerprint density at radius 2 is 0.800 bits per heavy atom. The maximum Gasteiger partial charge on any atom is 0.100 e. The fourth-order valence-electron chi connectivity index (χ4n) is 4.08. The Morgan fingerprint density at radius 1 is 0.500 bits per heavy atom. The standard InChI is InChI=1S/C27H56O3/c1-2-3-4-5-6-7-8-9-10-11-12-13-14-15-16-17-18-19-20-21-22-23-24-30-26-27(29)25-28/h27-29H,2-26H2,1H3. The summed E-state index contributed by atoms with van der Waals surface area (Å²) < 4.78 is 5.32. The Balaban J connectivity index is 3.00. The van der Waals surface area contributed by atoms with Crippen LogP contribution in [0.3, 0.4) is 0 Å². The van der Waals surface area contributed by atoms with Crippen LogP contribution in [0.1, 0.15) is 148 Å². The van der Waals surface area contributed by atoms with Gasteiger partial charge in [0.25, 0.3) is 0 Å².